The Morgan fingerprint density at radius 1 is 1.38 bits per heavy atom. The molecule has 2 rings (SSSR count). The minimum Gasteiger partial charge on any atom is -0.492 e. The van der Waals surface area contributed by atoms with Gasteiger partial charge in [0.05, 0.1) is 28.9 Å². The van der Waals surface area contributed by atoms with Crippen molar-refractivity contribution in [2.75, 3.05) is 6.61 Å². The van der Waals surface area contributed by atoms with Crippen molar-refractivity contribution in [3.63, 3.8) is 0 Å². The van der Waals surface area contributed by atoms with E-state index in [1.54, 1.807) is 29.5 Å². The summed E-state index contributed by atoms with van der Waals surface area (Å²) in [6.07, 6.45) is 0.988. The Hall–Kier alpha value is -1.30. The van der Waals surface area contributed by atoms with E-state index in [-0.39, 0.29) is 5.91 Å². The van der Waals surface area contributed by atoms with Crippen LogP contribution in [0.15, 0.2) is 23.6 Å². The number of hydrogen-bond acceptors (Lipinski definition) is 4. The first-order valence-corrected chi connectivity index (χ1v) is 9.38. The standard InChI is InChI=1S/C17H20Cl2N2O2S/c1-11(2)17-21-12(10-24-17)9-20-15(22)7-4-8-23-14-6-3-5-13(18)16(14)19/h3,5-6,10-11H,4,7-9H2,1-2H3,(H,20,22). The van der Waals surface area contributed by atoms with Gasteiger partial charge in [-0.25, -0.2) is 4.98 Å². The van der Waals surface area contributed by atoms with Gasteiger partial charge in [-0.3, -0.25) is 4.79 Å². The summed E-state index contributed by atoms with van der Waals surface area (Å²) in [4.78, 5) is 16.3. The van der Waals surface area contributed by atoms with Crippen molar-refractivity contribution in [3.05, 3.63) is 44.3 Å². The largest absolute Gasteiger partial charge is 0.492 e. The van der Waals surface area contributed by atoms with Gasteiger partial charge in [-0.05, 0) is 18.6 Å². The number of aromatic nitrogens is 1. The molecule has 0 radical (unpaired) electrons. The lowest BCUT2D eigenvalue weighted by atomic mass is 10.2. The molecule has 1 aromatic heterocycles. The summed E-state index contributed by atoms with van der Waals surface area (Å²) in [6.45, 7) is 5.07. The van der Waals surface area contributed by atoms with Gasteiger partial charge in [-0.2, -0.15) is 0 Å². The minimum atomic E-state index is -0.0186. The van der Waals surface area contributed by atoms with Gasteiger partial charge in [0.1, 0.15) is 10.8 Å². The van der Waals surface area contributed by atoms with Gasteiger partial charge < -0.3 is 10.1 Å². The number of nitrogens with one attached hydrogen (secondary N) is 1. The van der Waals surface area contributed by atoms with Crippen molar-refractivity contribution in [1.29, 1.82) is 0 Å². The van der Waals surface area contributed by atoms with Crippen LogP contribution in [0.1, 0.15) is 43.3 Å². The molecule has 0 fully saturated rings. The van der Waals surface area contributed by atoms with E-state index in [2.05, 4.69) is 24.1 Å². The molecule has 0 saturated heterocycles. The second-order valence-electron chi connectivity index (χ2n) is 5.61. The highest BCUT2D eigenvalue weighted by atomic mass is 35.5. The van der Waals surface area contributed by atoms with Crippen LogP contribution in [0, 0.1) is 0 Å². The van der Waals surface area contributed by atoms with Gasteiger partial charge in [0.25, 0.3) is 0 Å². The van der Waals surface area contributed by atoms with E-state index in [1.807, 2.05) is 5.38 Å². The first-order valence-electron chi connectivity index (χ1n) is 7.75. The summed E-state index contributed by atoms with van der Waals surface area (Å²) in [5, 5.41) is 6.80. The Balaban J connectivity index is 1.67. The number of amides is 1. The van der Waals surface area contributed by atoms with Gasteiger partial charge in [0.15, 0.2) is 0 Å². The Morgan fingerprint density at radius 3 is 2.88 bits per heavy atom. The first-order chi connectivity index (χ1) is 11.5. The maximum atomic E-state index is 11.9. The number of halogens is 2. The zero-order chi connectivity index (χ0) is 17.5. The Kier molecular flexibility index (Phi) is 7.34. The lowest BCUT2D eigenvalue weighted by Crippen LogP contribution is -2.23. The van der Waals surface area contributed by atoms with Gasteiger partial charge in [0.2, 0.25) is 5.91 Å². The molecule has 1 aromatic carbocycles. The fourth-order valence-corrected chi connectivity index (χ4v) is 3.14. The van der Waals surface area contributed by atoms with Crippen molar-refractivity contribution in [1.82, 2.24) is 10.3 Å². The summed E-state index contributed by atoms with van der Waals surface area (Å²) in [6, 6.07) is 5.23. The fraction of sp³-hybridized carbons (Fsp3) is 0.412. The summed E-state index contributed by atoms with van der Waals surface area (Å²) >= 11 is 13.6. The molecule has 1 heterocycles. The molecule has 0 bridgehead atoms. The zero-order valence-corrected chi connectivity index (χ0v) is 16.0. The van der Waals surface area contributed by atoms with Crippen molar-refractivity contribution >= 4 is 40.4 Å². The maximum absolute atomic E-state index is 11.9. The molecular formula is C17H20Cl2N2O2S. The van der Waals surface area contributed by atoms with Gasteiger partial charge >= 0.3 is 0 Å². The number of thiazole rings is 1. The normalized spacial score (nSPS) is 10.9. The van der Waals surface area contributed by atoms with Gasteiger partial charge in [-0.1, -0.05) is 43.1 Å². The molecule has 2 aromatic rings. The predicted molar refractivity (Wildman–Crippen MR) is 99.2 cm³/mol. The van der Waals surface area contributed by atoms with E-state index in [1.165, 1.54) is 0 Å². The fourth-order valence-electron chi connectivity index (χ4n) is 1.96. The molecule has 4 nitrogen and oxygen atoms in total. The number of hydrogen-bond donors (Lipinski definition) is 1. The third-order valence-electron chi connectivity index (χ3n) is 3.25. The smallest absolute Gasteiger partial charge is 0.220 e. The van der Waals surface area contributed by atoms with E-state index in [0.717, 1.165) is 10.7 Å². The number of carbonyl (C=O) groups excluding carboxylic acids is 1. The van der Waals surface area contributed by atoms with Gasteiger partial charge in [0, 0.05) is 17.7 Å². The van der Waals surface area contributed by atoms with E-state index < -0.39 is 0 Å². The topological polar surface area (TPSA) is 51.2 Å². The van der Waals surface area contributed by atoms with Crippen LogP contribution in [0.5, 0.6) is 5.75 Å². The van der Waals surface area contributed by atoms with Crippen LogP contribution < -0.4 is 10.1 Å². The summed E-state index contributed by atoms with van der Waals surface area (Å²) < 4.78 is 5.55. The Morgan fingerprint density at radius 2 is 2.17 bits per heavy atom. The van der Waals surface area contributed by atoms with Crippen molar-refractivity contribution in [2.45, 2.75) is 39.2 Å². The lowest BCUT2D eigenvalue weighted by Gasteiger charge is -2.08. The SMILES string of the molecule is CC(C)c1nc(CNC(=O)CCCOc2cccc(Cl)c2Cl)cs1. The number of carbonyl (C=O) groups is 1. The molecule has 1 amide bonds. The van der Waals surface area contributed by atoms with Crippen molar-refractivity contribution < 1.29 is 9.53 Å². The van der Waals surface area contributed by atoms with Crippen LogP contribution in [0.3, 0.4) is 0 Å². The van der Waals surface area contributed by atoms with Crippen molar-refractivity contribution in [2.24, 2.45) is 0 Å². The zero-order valence-electron chi connectivity index (χ0n) is 13.6. The minimum absolute atomic E-state index is 0.0186. The highest BCUT2D eigenvalue weighted by Crippen LogP contribution is 2.31. The molecule has 0 aliphatic heterocycles. The average molecular weight is 387 g/mol. The molecule has 0 spiro atoms. The summed E-state index contributed by atoms with van der Waals surface area (Å²) in [7, 11) is 0. The number of ether oxygens (including phenoxy) is 1. The van der Waals surface area contributed by atoms with Crippen LogP contribution in [0.25, 0.3) is 0 Å². The molecule has 0 saturated carbocycles. The quantitative estimate of drug-likeness (QED) is 0.645. The third-order valence-corrected chi connectivity index (χ3v) is 5.25. The van der Waals surface area contributed by atoms with Crippen LogP contribution in [-0.4, -0.2) is 17.5 Å². The van der Waals surface area contributed by atoms with Crippen LogP contribution in [0.4, 0.5) is 0 Å². The maximum Gasteiger partial charge on any atom is 0.220 e. The Bertz CT molecular complexity index is 689. The first kappa shape index (κ1) is 19.0. The van der Waals surface area contributed by atoms with Gasteiger partial charge in [-0.15, -0.1) is 11.3 Å². The molecule has 0 unspecified atom stereocenters. The summed E-state index contributed by atoms with van der Waals surface area (Å²) in [5.74, 6) is 0.929. The molecule has 0 aliphatic carbocycles. The number of benzene rings is 1. The van der Waals surface area contributed by atoms with Crippen molar-refractivity contribution in [3.8, 4) is 5.75 Å². The number of rotatable bonds is 8. The highest BCUT2D eigenvalue weighted by Gasteiger charge is 2.08. The van der Waals surface area contributed by atoms with E-state index in [9.17, 15) is 4.79 Å². The monoisotopic (exact) mass is 386 g/mol. The molecule has 0 atom stereocenters. The van der Waals surface area contributed by atoms with E-state index >= 15 is 0 Å². The van der Waals surface area contributed by atoms with E-state index in [0.29, 0.717) is 47.7 Å². The lowest BCUT2D eigenvalue weighted by molar-refractivity contribution is -0.121. The number of nitrogens with zero attached hydrogens (tertiary/aromatic N) is 1. The molecule has 24 heavy (non-hydrogen) atoms. The van der Waals surface area contributed by atoms with Crippen LogP contribution in [0.2, 0.25) is 10.0 Å². The Labute approximate surface area is 156 Å². The second kappa shape index (κ2) is 9.25. The molecule has 7 heteroatoms. The third kappa shape index (κ3) is 5.65. The molecule has 1 N–H and O–H groups in total. The second-order valence-corrected chi connectivity index (χ2v) is 7.29. The van der Waals surface area contributed by atoms with E-state index in [4.69, 9.17) is 27.9 Å². The average Bonchev–Trinajstić information content (AvgIpc) is 3.02. The predicted octanol–water partition coefficient (Wildman–Crippen LogP) is 5.05. The summed E-state index contributed by atoms with van der Waals surface area (Å²) in [5.41, 5.74) is 0.902. The van der Waals surface area contributed by atoms with Crippen LogP contribution >= 0.6 is 34.5 Å². The van der Waals surface area contributed by atoms with Crippen LogP contribution in [-0.2, 0) is 11.3 Å². The molecular weight excluding hydrogens is 367 g/mol. The highest BCUT2D eigenvalue weighted by molar-refractivity contribution is 7.09. The molecule has 0 aliphatic rings. The molecule has 130 valence electrons.